The van der Waals surface area contributed by atoms with Gasteiger partial charge in [0, 0.05) is 11.3 Å². The first-order valence-electron chi connectivity index (χ1n) is 7.52. The summed E-state index contributed by atoms with van der Waals surface area (Å²) < 4.78 is 1.62. The Morgan fingerprint density at radius 1 is 1.39 bits per heavy atom. The van der Waals surface area contributed by atoms with Gasteiger partial charge in [-0.3, -0.25) is 0 Å². The number of hydrogen-bond donors (Lipinski definition) is 1. The normalized spacial score (nSPS) is 16.8. The van der Waals surface area contributed by atoms with Crippen LogP contribution in [0, 0.1) is 0 Å². The van der Waals surface area contributed by atoms with Crippen molar-refractivity contribution in [3.63, 3.8) is 0 Å². The summed E-state index contributed by atoms with van der Waals surface area (Å²) in [7, 11) is 6.00. The molecular weight excluding hydrogens is 301 g/mol. The molecule has 0 atom stereocenters. The monoisotopic (exact) mass is 319 g/mol. The SMILES string of the molecule is [B]n1cccc1/C(CCN)=C1N=C(/C=C/c2ccsc2)C=C\1C. The van der Waals surface area contributed by atoms with Gasteiger partial charge in [0.25, 0.3) is 0 Å². The van der Waals surface area contributed by atoms with Crippen molar-refractivity contribution in [2.75, 3.05) is 6.54 Å². The lowest BCUT2D eigenvalue weighted by Crippen LogP contribution is -2.05. The summed E-state index contributed by atoms with van der Waals surface area (Å²) in [5.74, 6) is 0. The smallest absolute Gasteiger partial charge is 0.234 e. The van der Waals surface area contributed by atoms with Gasteiger partial charge in [-0.2, -0.15) is 11.3 Å². The zero-order valence-electron chi connectivity index (χ0n) is 13.1. The van der Waals surface area contributed by atoms with Crippen LogP contribution in [-0.2, 0) is 0 Å². The van der Waals surface area contributed by atoms with Crippen LogP contribution in [-0.4, -0.2) is 24.7 Å². The van der Waals surface area contributed by atoms with E-state index in [1.165, 1.54) is 5.56 Å². The summed E-state index contributed by atoms with van der Waals surface area (Å²) in [4.78, 5) is 4.78. The highest BCUT2D eigenvalue weighted by Crippen LogP contribution is 2.30. The summed E-state index contributed by atoms with van der Waals surface area (Å²) in [6, 6.07) is 6.02. The third kappa shape index (κ3) is 3.46. The molecule has 1 aliphatic rings. The average Bonchev–Trinajstić information content (AvgIpc) is 3.25. The molecule has 2 aromatic heterocycles. The summed E-state index contributed by atoms with van der Waals surface area (Å²) in [6.07, 6.45) is 8.79. The maximum atomic E-state index is 6.00. The highest BCUT2D eigenvalue weighted by Gasteiger charge is 2.16. The average molecular weight is 319 g/mol. The Morgan fingerprint density at radius 2 is 2.26 bits per heavy atom. The van der Waals surface area contributed by atoms with Gasteiger partial charge in [0.05, 0.1) is 11.4 Å². The number of thiophene rings is 1. The van der Waals surface area contributed by atoms with Crippen molar-refractivity contribution in [1.82, 2.24) is 4.48 Å². The van der Waals surface area contributed by atoms with E-state index in [1.807, 2.05) is 24.4 Å². The van der Waals surface area contributed by atoms with Gasteiger partial charge < -0.3 is 10.2 Å². The van der Waals surface area contributed by atoms with Crippen LogP contribution in [0.1, 0.15) is 24.6 Å². The Kier molecular flexibility index (Phi) is 4.79. The summed E-state index contributed by atoms with van der Waals surface area (Å²) in [5, 5.41) is 4.18. The van der Waals surface area contributed by atoms with E-state index in [9.17, 15) is 0 Å². The van der Waals surface area contributed by atoms with Crippen LogP contribution < -0.4 is 5.73 Å². The molecule has 0 saturated carbocycles. The molecule has 0 fully saturated rings. The first kappa shape index (κ1) is 15.8. The highest BCUT2D eigenvalue weighted by molar-refractivity contribution is 7.08. The third-order valence-corrected chi connectivity index (χ3v) is 4.44. The van der Waals surface area contributed by atoms with Crippen LogP contribution in [0.4, 0.5) is 0 Å². The van der Waals surface area contributed by atoms with Gasteiger partial charge in [0.1, 0.15) is 0 Å². The Labute approximate surface area is 142 Å². The molecule has 0 amide bonds. The minimum atomic E-state index is 0.562. The minimum Gasteiger partial charge on any atom is -0.403 e. The van der Waals surface area contributed by atoms with Crippen molar-refractivity contribution in [1.29, 1.82) is 0 Å². The predicted molar refractivity (Wildman–Crippen MR) is 101 cm³/mol. The number of hydrogen-bond acceptors (Lipinski definition) is 3. The van der Waals surface area contributed by atoms with Crippen LogP contribution in [0.5, 0.6) is 0 Å². The second kappa shape index (κ2) is 6.98. The summed E-state index contributed by atoms with van der Waals surface area (Å²) in [5.41, 5.74) is 12.1. The largest absolute Gasteiger partial charge is 0.403 e. The van der Waals surface area contributed by atoms with Crippen LogP contribution in [0.3, 0.4) is 0 Å². The Morgan fingerprint density at radius 3 is 2.91 bits per heavy atom. The van der Waals surface area contributed by atoms with E-state index in [2.05, 4.69) is 35.9 Å². The van der Waals surface area contributed by atoms with E-state index in [0.29, 0.717) is 6.54 Å². The van der Waals surface area contributed by atoms with Crippen LogP contribution in [0.2, 0.25) is 0 Å². The first-order valence-corrected chi connectivity index (χ1v) is 8.47. The van der Waals surface area contributed by atoms with E-state index in [1.54, 1.807) is 15.8 Å². The lowest BCUT2D eigenvalue weighted by Gasteiger charge is -2.11. The molecule has 0 saturated heterocycles. The Balaban J connectivity index is 1.97. The van der Waals surface area contributed by atoms with Crippen LogP contribution in [0.25, 0.3) is 11.6 Å². The van der Waals surface area contributed by atoms with E-state index < -0.39 is 0 Å². The number of allylic oxidation sites excluding steroid dienone is 3. The molecule has 0 unspecified atom stereocenters. The number of aromatic nitrogens is 1. The molecular formula is C18H18BN3S. The lowest BCUT2D eigenvalue weighted by atomic mass is 10.0. The van der Waals surface area contributed by atoms with Crippen molar-refractivity contribution in [2.24, 2.45) is 10.7 Å². The van der Waals surface area contributed by atoms with Gasteiger partial charge in [0.15, 0.2) is 0 Å². The second-order valence-corrected chi connectivity index (χ2v) is 6.20. The lowest BCUT2D eigenvalue weighted by molar-refractivity contribution is 0.997. The molecule has 2 aromatic rings. The molecule has 0 bridgehead atoms. The fourth-order valence-electron chi connectivity index (χ4n) is 2.64. The van der Waals surface area contributed by atoms with Gasteiger partial charge in [0.2, 0.25) is 7.98 Å². The number of rotatable bonds is 5. The van der Waals surface area contributed by atoms with E-state index in [-0.39, 0.29) is 0 Å². The molecule has 1 aliphatic heterocycles. The van der Waals surface area contributed by atoms with E-state index in [0.717, 1.165) is 34.7 Å². The second-order valence-electron chi connectivity index (χ2n) is 5.42. The van der Waals surface area contributed by atoms with Crippen molar-refractivity contribution in [3.05, 3.63) is 69.8 Å². The molecule has 2 radical (unpaired) electrons. The Bertz CT molecular complexity index is 807. The van der Waals surface area contributed by atoms with Gasteiger partial charge in [-0.15, -0.1) is 0 Å². The fourth-order valence-corrected chi connectivity index (χ4v) is 3.27. The van der Waals surface area contributed by atoms with Crippen LogP contribution in [0.15, 0.2) is 63.6 Å². The van der Waals surface area contributed by atoms with Crippen molar-refractivity contribution in [3.8, 4) is 0 Å². The zero-order valence-corrected chi connectivity index (χ0v) is 13.9. The van der Waals surface area contributed by atoms with Crippen molar-refractivity contribution >= 4 is 36.7 Å². The van der Waals surface area contributed by atoms with Gasteiger partial charge in [-0.05, 0) is 78.3 Å². The number of nitrogens with two attached hydrogens (primary N) is 1. The molecule has 114 valence electrons. The van der Waals surface area contributed by atoms with Crippen LogP contribution >= 0.6 is 11.3 Å². The molecule has 2 N–H and O–H groups in total. The van der Waals surface area contributed by atoms with Crippen molar-refractivity contribution < 1.29 is 0 Å². The standard InChI is InChI=1S/C18H18BN3S/c1-13-11-15(5-4-14-7-10-23-12-14)21-18(13)16(6-8-20)17-3-2-9-22(17)19/h2-5,7,9-12H,6,8,20H2,1H3/b5-4+,18-16-. The molecule has 0 spiro atoms. The number of nitrogens with zero attached hydrogens (tertiary/aromatic N) is 2. The first-order chi connectivity index (χ1) is 11.2. The maximum absolute atomic E-state index is 6.00. The van der Waals surface area contributed by atoms with Crippen molar-refractivity contribution in [2.45, 2.75) is 13.3 Å². The minimum absolute atomic E-state index is 0.562. The highest BCUT2D eigenvalue weighted by atomic mass is 32.1. The zero-order chi connectivity index (χ0) is 16.2. The van der Waals surface area contributed by atoms with Gasteiger partial charge >= 0.3 is 0 Å². The molecule has 23 heavy (non-hydrogen) atoms. The third-order valence-electron chi connectivity index (χ3n) is 3.74. The molecule has 3 rings (SSSR count). The molecule has 0 aliphatic carbocycles. The predicted octanol–water partition coefficient (Wildman–Crippen LogP) is 3.66. The molecule has 3 heterocycles. The fraction of sp³-hybridized carbons (Fsp3) is 0.167. The quantitative estimate of drug-likeness (QED) is 0.840. The number of aliphatic imine (C=N–C) groups is 1. The van der Waals surface area contributed by atoms with E-state index >= 15 is 0 Å². The molecule has 5 heteroatoms. The maximum Gasteiger partial charge on any atom is 0.234 e. The topological polar surface area (TPSA) is 43.3 Å². The summed E-state index contributed by atoms with van der Waals surface area (Å²) >= 11 is 1.69. The van der Waals surface area contributed by atoms with Gasteiger partial charge in [-0.25, -0.2) is 4.99 Å². The van der Waals surface area contributed by atoms with Gasteiger partial charge in [-0.1, -0.05) is 6.08 Å². The summed E-state index contributed by atoms with van der Waals surface area (Å²) in [6.45, 7) is 2.64. The molecule has 0 aromatic carbocycles. The molecule has 3 nitrogen and oxygen atoms in total. The van der Waals surface area contributed by atoms with E-state index in [4.69, 9.17) is 18.7 Å². The Hall–Kier alpha value is -2.11.